The topological polar surface area (TPSA) is 0 Å². The van der Waals surface area contributed by atoms with Gasteiger partial charge in [-0.1, -0.05) is 0 Å². The molecule has 0 aliphatic rings. The van der Waals surface area contributed by atoms with Crippen molar-refractivity contribution in [3.8, 4) is 0 Å². The summed E-state index contributed by atoms with van der Waals surface area (Å²) in [4.78, 5) is 0. The second kappa shape index (κ2) is 5.22. The first-order chi connectivity index (χ1) is 3.92. The molecule has 0 bridgehead atoms. The quantitative estimate of drug-likeness (QED) is 0.380. The minimum absolute atomic E-state index is 0. The van der Waals surface area contributed by atoms with Gasteiger partial charge in [0.15, 0.2) is 0 Å². The molecule has 1 unspecified atom stereocenters. The van der Waals surface area contributed by atoms with Crippen molar-refractivity contribution in [1.29, 1.82) is 0 Å². The molecule has 0 heterocycles. The third kappa shape index (κ3) is 11.4. The molecule has 0 saturated heterocycles. The number of hydrogen-bond acceptors (Lipinski definition) is 0. The second-order valence-corrected chi connectivity index (χ2v) is 4.33. The van der Waals surface area contributed by atoms with Gasteiger partial charge in [0.1, 0.15) is 0 Å². The van der Waals surface area contributed by atoms with E-state index in [0.717, 1.165) is 17.4 Å². The van der Waals surface area contributed by atoms with Gasteiger partial charge >= 0.3 is 0 Å². The molecule has 0 aliphatic carbocycles. The van der Waals surface area contributed by atoms with Crippen molar-refractivity contribution in [2.75, 3.05) is 27.7 Å². The smallest absolute Gasteiger partial charge is 0.0794 e. The molecule has 0 rings (SSSR count). The van der Waals surface area contributed by atoms with E-state index in [1.54, 1.807) is 0 Å². The van der Waals surface area contributed by atoms with Crippen LogP contribution in [0.5, 0.6) is 0 Å². The van der Waals surface area contributed by atoms with Gasteiger partial charge in [-0.15, -0.1) is 11.6 Å². The molecule has 0 N–H and O–H groups in total. The van der Waals surface area contributed by atoms with E-state index < -0.39 is 0 Å². The third-order valence-corrected chi connectivity index (χ3v) is 1.42. The maximum absolute atomic E-state index is 5.77. The molecule has 0 fully saturated rings. The zero-order valence-corrected chi connectivity index (χ0v) is 8.71. The first-order valence-corrected chi connectivity index (χ1v) is 3.80. The van der Waals surface area contributed by atoms with Crippen LogP contribution in [0.2, 0.25) is 0 Å². The lowest BCUT2D eigenvalue weighted by Gasteiger charge is -2.24. The van der Waals surface area contributed by atoms with Crippen LogP contribution in [0.1, 0.15) is 13.3 Å². The average Bonchev–Trinajstić information content (AvgIpc) is 1.59. The summed E-state index contributed by atoms with van der Waals surface area (Å²) in [5.74, 6) is 0. The van der Waals surface area contributed by atoms with Gasteiger partial charge in [-0.2, -0.15) is 0 Å². The predicted molar refractivity (Wildman–Crippen MR) is 42.8 cm³/mol. The van der Waals surface area contributed by atoms with Crippen molar-refractivity contribution in [1.82, 2.24) is 0 Å². The first-order valence-electron chi connectivity index (χ1n) is 3.36. The Bertz CT molecular complexity index is 76.2. The highest BCUT2D eigenvalue weighted by atomic mass is 35.5. The molecule has 0 aromatic heterocycles. The summed E-state index contributed by atoms with van der Waals surface area (Å²) >= 11 is 5.77. The molecule has 10 heavy (non-hydrogen) atoms. The van der Waals surface area contributed by atoms with E-state index in [-0.39, 0.29) is 12.4 Å². The van der Waals surface area contributed by atoms with Gasteiger partial charge in [0.2, 0.25) is 0 Å². The average molecular weight is 186 g/mol. The van der Waals surface area contributed by atoms with Crippen LogP contribution < -0.4 is 12.4 Å². The lowest BCUT2D eigenvalue weighted by atomic mass is 10.3. The Labute approximate surface area is 75.4 Å². The van der Waals surface area contributed by atoms with Gasteiger partial charge < -0.3 is 16.9 Å². The number of nitrogens with zero attached hydrogens (tertiary/aromatic N) is 1. The summed E-state index contributed by atoms with van der Waals surface area (Å²) in [6.45, 7) is 3.20. The lowest BCUT2D eigenvalue weighted by molar-refractivity contribution is -0.870. The van der Waals surface area contributed by atoms with Crippen molar-refractivity contribution < 1.29 is 16.9 Å². The van der Waals surface area contributed by atoms with Crippen LogP contribution >= 0.6 is 11.6 Å². The van der Waals surface area contributed by atoms with E-state index in [1.165, 1.54) is 0 Å². The van der Waals surface area contributed by atoms with Crippen LogP contribution in [0.15, 0.2) is 0 Å². The Hall–Kier alpha value is 0.540. The Kier molecular flexibility index (Phi) is 6.87. The van der Waals surface area contributed by atoms with Gasteiger partial charge in [0.25, 0.3) is 0 Å². The monoisotopic (exact) mass is 185 g/mol. The van der Waals surface area contributed by atoms with Crippen LogP contribution in [0.4, 0.5) is 0 Å². The van der Waals surface area contributed by atoms with E-state index in [1.807, 2.05) is 6.92 Å². The molecule has 0 aromatic carbocycles. The van der Waals surface area contributed by atoms with Gasteiger partial charge in [-0.05, 0) is 6.92 Å². The largest absolute Gasteiger partial charge is 1.00 e. The fourth-order valence-corrected chi connectivity index (χ4v) is 0.663. The number of rotatable bonds is 3. The summed E-state index contributed by atoms with van der Waals surface area (Å²) in [5.41, 5.74) is 0. The SMILES string of the molecule is CC(Cl)CC[N+](C)(C)C.[Cl-]. The summed E-state index contributed by atoms with van der Waals surface area (Å²) < 4.78 is 1.01. The molecule has 64 valence electrons. The molecule has 3 heteroatoms. The van der Waals surface area contributed by atoms with Crippen molar-refractivity contribution in [3.05, 3.63) is 0 Å². The van der Waals surface area contributed by atoms with E-state index >= 15 is 0 Å². The van der Waals surface area contributed by atoms with Crippen LogP contribution in [-0.2, 0) is 0 Å². The van der Waals surface area contributed by atoms with Crippen molar-refractivity contribution in [2.45, 2.75) is 18.7 Å². The van der Waals surface area contributed by atoms with Crippen LogP contribution in [-0.4, -0.2) is 37.5 Å². The van der Waals surface area contributed by atoms with Gasteiger partial charge in [-0.3, -0.25) is 0 Å². The molecule has 1 nitrogen and oxygen atoms in total. The summed E-state index contributed by atoms with van der Waals surface area (Å²) in [5, 5.41) is 0.322. The molecule has 0 radical (unpaired) electrons. The minimum atomic E-state index is 0. The van der Waals surface area contributed by atoms with Crippen molar-refractivity contribution in [3.63, 3.8) is 0 Å². The summed E-state index contributed by atoms with van der Waals surface area (Å²) in [7, 11) is 6.54. The number of quaternary nitrogens is 1. The Morgan fingerprint density at radius 2 is 1.70 bits per heavy atom. The summed E-state index contributed by atoms with van der Waals surface area (Å²) in [6.07, 6.45) is 1.10. The minimum Gasteiger partial charge on any atom is -1.00 e. The van der Waals surface area contributed by atoms with E-state index in [2.05, 4.69) is 21.1 Å². The maximum atomic E-state index is 5.77. The molecule has 0 saturated carbocycles. The number of alkyl halides is 1. The zero-order chi connectivity index (χ0) is 7.49. The van der Waals surface area contributed by atoms with Gasteiger partial charge in [0.05, 0.1) is 27.7 Å². The standard InChI is InChI=1S/C7H17ClN.ClH/c1-7(8)5-6-9(2,3)4;/h7H,5-6H2,1-4H3;1H/q+1;/p-1. The normalized spacial score (nSPS) is 14.1. The Morgan fingerprint density at radius 1 is 1.30 bits per heavy atom. The highest BCUT2D eigenvalue weighted by Crippen LogP contribution is 2.02. The molecule has 0 amide bonds. The molecule has 0 aliphatic heterocycles. The Balaban J connectivity index is 0. The van der Waals surface area contributed by atoms with Crippen LogP contribution in [0.3, 0.4) is 0 Å². The first kappa shape index (κ1) is 13.2. The van der Waals surface area contributed by atoms with E-state index in [0.29, 0.717) is 5.38 Å². The fourth-order valence-electron chi connectivity index (χ4n) is 0.565. The highest BCUT2D eigenvalue weighted by Gasteiger charge is 2.07. The van der Waals surface area contributed by atoms with E-state index in [9.17, 15) is 0 Å². The predicted octanol–water partition coefficient (Wildman–Crippen LogP) is -1.29. The lowest BCUT2D eigenvalue weighted by Crippen LogP contribution is -3.00. The highest BCUT2D eigenvalue weighted by molar-refractivity contribution is 6.20. The van der Waals surface area contributed by atoms with Crippen LogP contribution in [0.25, 0.3) is 0 Å². The van der Waals surface area contributed by atoms with Crippen LogP contribution in [0, 0.1) is 0 Å². The summed E-state index contributed by atoms with van der Waals surface area (Å²) in [6, 6.07) is 0. The molecule has 0 aromatic rings. The maximum Gasteiger partial charge on any atom is 0.0794 e. The molecule has 1 atom stereocenters. The van der Waals surface area contributed by atoms with Gasteiger partial charge in [0, 0.05) is 11.8 Å². The molecule has 0 spiro atoms. The third-order valence-electron chi connectivity index (χ3n) is 1.20. The number of hydrogen-bond donors (Lipinski definition) is 0. The fraction of sp³-hybridized carbons (Fsp3) is 1.00. The molecular weight excluding hydrogens is 169 g/mol. The van der Waals surface area contributed by atoms with Crippen molar-refractivity contribution >= 4 is 11.6 Å². The molecular formula is C7H17Cl2N. The van der Waals surface area contributed by atoms with Crippen molar-refractivity contribution in [2.24, 2.45) is 0 Å². The Morgan fingerprint density at radius 3 is 1.80 bits per heavy atom. The zero-order valence-electron chi connectivity index (χ0n) is 7.19. The second-order valence-electron chi connectivity index (χ2n) is 3.58. The number of halogens is 2. The van der Waals surface area contributed by atoms with E-state index in [4.69, 9.17) is 11.6 Å². The van der Waals surface area contributed by atoms with Gasteiger partial charge in [-0.25, -0.2) is 0 Å².